The highest BCUT2D eigenvalue weighted by Gasteiger charge is 2.33. The van der Waals surface area contributed by atoms with E-state index in [9.17, 15) is 9.59 Å². The molecule has 0 saturated heterocycles. The summed E-state index contributed by atoms with van der Waals surface area (Å²) >= 11 is 14.0. The number of nitrogens with zero attached hydrogens (tertiary/aromatic N) is 2. The molecule has 0 spiro atoms. The first-order valence-electron chi connectivity index (χ1n) is 11.7. The molecule has 2 amide bonds. The third-order valence-corrected chi connectivity index (χ3v) is 7.79. The van der Waals surface area contributed by atoms with Gasteiger partial charge in [-0.1, -0.05) is 36.2 Å². The van der Waals surface area contributed by atoms with Gasteiger partial charge in [0.25, 0.3) is 5.91 Å². The molecule has 1 atom stereocenters. The Hall–Kier alpha value is -2.54. The Morgan fingerprint density at radius 1 is 1.17 bits per heavy atom. The van der Waals surface area contributed by atoms with Crippen molar-refractivity contribution in [3.63, 3.8) is 0 Å². The Morgan fingerprint density at radius 3 is 2.74 bits per heavy atom. The number of halogens is 2. The van der Waals surface area contributed by atoms with E-state index in [2.05, 4.69) is 11.4 Å². The lowest BCUT2D eigenvalue weighted by Gasteiger charge is -2.37. The minimum atomic E-state index is -0.224. The van der Waals surface area contributed by atoms with Gasteiger partial charge >= 0.3 is 0 Å². The molecule has 1 aliphatic heterocycles. The summed E-state index contributed by atoms with van der Waals surface area (Å²) < 4.78 is 6.13. The molecule has 35 heavy (non-hydrogen) atoms. The molecule has 2 heterocycles. The second-order valence-corrected chi connectivity index (χ2v) is 10.5. The molecule has 184 valence electrons. The van der Waals surface area contributed by atoms with Crippen LogP contribution in [0.2, 0.25) is 10.0 Å². The molecule has 0 unspecified atom stereocenters. The molecule has 4 rings (SSSR count). The monoisotopic (exact) mass is 530 g/mol. The van der Waals surface area contributed by atoms with Crippen molar-refractivity contribution in [1.29, 1.82) is 0 Å². The summed E-state index contributed by atoms with van der Waals surface area (Å²) in [5, 5.41) is 3.24. The summed E-state index contributed by atoms with van der Waals surface area (Å²) in [7, 11) is 0. The number of ether oxygens (including phenoxy) is 1. The summed E-state index contributed by atoms with van der Waals surface area (Å²) in [5.74, 6) is 0.428. The van der Waals surface area contributed by atoms with E-state index < -0.39 is 0 Å². The Morgan fingerprint density at radius 2 is 2.00 bits per heavy atom. The molecule has 0 radical (unpaired) electrons. The van der Waals surface area contributed by atoms with Gasteiger partial charge in [0.2, 0.25) is 5.91 Å². The Bertz CT molecular complexity index is 1210. The van der Waals surface area contributed by atoms with Crippen LogP contribution in [0.25, 0.3) is 0 Å². The van der Waals surface area contributed by atoms with Crippen molar-refractivity contribution in [2.75, 3.05) is 26.2 Å². The van der Waals surface area contributed by atoms with Gasteiger partial charge in [0.05, 0.1) is 6.04 Å². The molecule has 1 aromatic heterocycles. The highest BCUT2D eigenvalue weighted by atomic mass is 35.5. The highest BCUT2D eigenvalue weighted by molar-refractivity contribution is 7.10. The smallest absolute Gasteiger partial charge is 0.254 e. The van der Waals surface area contributed by atoms with Crippen LogP contribution in [0.15, 0.2) is 53.9 Å². The van der Waals surface area contributed by atoms with Crippen molar-refractivity contribution >= 4 is 46.4 Å². The van der Waals surface area contributed by atoms with Gasteiger partial charge in [-0.2, -0.15) is 0 Å². The molecule has 0 fully saturated rings. The number of carbonyl (C=O) groups excluding carboxylic acids is 2. The highest BCUT2D eigenvalue weighted by Crippen LogP contribution is 2.34. The maximum Gasteiger partial charge on any atom is 0.254 e. The van der Waals surface area contributed by atoms with Crippen molar-refractivity contribution in [3.8, 4) is 5.75 Å². The van der Waals surface area contributed by atoms with E-state index >= 15 is 0 Å². The lowest BCUT2D eigenvalue weighted by Crippen LogP contribution is -2.48. The second kappa shape index (κ2) is 11.5. The third-order valence-electron chi connectivity index (χ3n) is 6.13. The molecular formula is C27H28Cl2N2O3S. The number of hydrogen-bond donors (Lipinski definition) is 0. The third kappa shape index (κ3) is 6.00. The number of rotatable bonds is 8. The summed E-state index contributed by atoms with van der Waals surface area (Å²) in [6.07, 6.45) is 1.54. The van der Waals surface area contributed by atoms with E-state index in [1.807, 2.05) is 36.9 Å². The summed E-state index contributed by atoms with van der Waals surface area (Å²) in [6.45, 7) is 5.33. The molecule has 0 N–H and O–H groups in total. The number of fused-ring (bicyclic) bond motifs is 1. The zero-order chi connectivity index (χ0) is 24.9. The molecule has 1 aliphatic rings. The number of aryl methyl sites for hydroxylation is 1. The zero-order valence-corrected chi connectivity index (χ0v) is 22.1. The minimum absolute atomic E-state index is 0.00914. The van der Waals surface area contributed by atoms with E-state index in [1.165, 1.54) is 4.88 Å². The van der Waals surface area contributed by atoms with Crippen molar-refractivity contribution in [3.05, 3.63) is 85.5 Å². The van der Waals surface area contributed by atoms with E-state index in [-0.39, 0.29) is 24.4 Å². The summed E-state index contributed by atoms with van der Waals surface area (Å²) in [5.41, 5.74) is 2.53. The minimum Gasteiger partial charge on any atom is -0.491 e. The molecule has 0 aliphatic carbocycles. The van der Waals surface area contributed by atoms with Crippen LogP contribution in [0.3, 0.4) is 0 Å². The van der Waals surface area contributed by atoms with Crippen molar-refractivity contribution in [2.24, 2.45) is 0 Å². The van der Waals surface area contributed by atoms with Crippen LogP contribution in [-0.4, -0.2) is 47.9 Å². The van der Waals surface area contributed by atoms with Gasteiger partial charge in [-0.15, -0.1) is 11.3 Å². The maximum absolute atomic E-state index is 13.6. The van der Waals surface area contributed by atoms with E-state index in [0.29, 0.717) is 41.1 Å². The largest absolute Gasteiger partial charge is 0.491 e. The second-order valence-electron chi connectivity index (χ2n) is 8.61. The lowest BCUT2D eigenvalue weighted by atomic mass is 10.00. The van der Waals surface area contributed by atoms with E-state index in [4.69, 9.17) is 27.9 Å². The fourth-order valence-electron chi connectivity index (χ4n) is 4.34. The summed E-state index contributed by atoms with van der Waals surface area (Å²) in [6, 6.07) is 14.2. The number of thiophene rings is 1. The first kappa shape index (κ1) is 25.5. The van der Waals surface area contributed by atoms with Gasteiger partial charge in [0, 0.05) is 33.6 Å². The van der Waals surface area contributed by atoms with Gasteiger partial charge in [0.15, 0.2) is 0 Å². The van der Waals surface area contributed by atoms with Gasteiger partial charge in [-0.3, -0.25) is 9.59 Å². The topological polar surface area (TPSA) is 49.9 Å². The van der Waals surface area contributed by atoms with Gasteiger partial charge < -0.3 is 14.5 Å². The number of hydrogen-bond acceptors (Lipinski definition) is 4. The normalized spacial score (nSPS) is 15.0. The zero-order valence-electron chi connectivity index (χ0n) is 19.8. The fourth-order valence-corrected chi connectivity index (χ4v) is 5.57. The number of amides is 2. The number of carbonyl (C=O) groups is 2. The quantitative estimate of drug-likeness (QED) is 0.337. The standard InChI is InChI=1S/C27H28Cl2N2O3S/c1-3-11-30(27(33)19-5-4-6-20(28)15-19)16-26(32)31-12-9-25-22(10-13-35-25)24(31)17-34-21-7-8-23(29)18(2)14-21/h4-8,10,13-15,24H,3,9,11-12,16-17H2,1-2H3/t24-/m1/s1. The van der Waals surface area contributed by atoms with Gasteiger partial charge in [0.1, 0.15) is 18.9 Å². The van der Waals surface area contributed by atoms with Crippen molar-refractivity contribution < 1.29 is 14.3 Å². The van der Waals surface area contributed by atoms with Gasteiger partial charge in [-0.25, -0.2) is 0 Å². The Balaban J connectivity index is 1.52. The van der Waals surface area contributed by atoms with E-state index in [1.54, 1.807) is 40.5 Å². The SMILES string of the molecule is CCCN(CC(=O)N1CCc2sccc2[C@H]1COc1ccc(Cl)c(C)c1)C(=O)c1cccc(Cl)c1. The molecular weight excluding hydrogens is 503 g/mol. The Labute approximate surface area is 220 Å². The first-order chi connectivity index (χ1) is 16.9. The van der Waals surface area contributed by atoms with Crippen molar-refractivity contribution in [2.45, 2.75) is 32.7 Å². The molecule has 0 bridgehead atoms. The van der Waals surface area contributed by atoms with Crippen LogP contribution in [0.5, 0.6) is 5.75 Å². The molecule has 0 saturated carbocycles. The van der Waals surface area contributed by atoms with Crippen LogP contribution in [-0.2, 0) is 11.2 Å². The lowest BCUT2D eigenvalue weighted by molar-refractivity contribution is -0.135. The predicted molar refractivity (Wildman–Crippen MR) is 142 cm³/mol. The summed E-state index contributed by atoms with van der Waals surface area (Å²) in [4.78, 5) is 31.5. The first-order valence-corrected chi connectivity index (χ1v) is 13.3. The molecule has 5 nitrogen and oxygen atoms in total. The van der Waals surface area contributed by atoms with Crippen LogP contribution in [0.1, 0.15) is 45.7 Å². The van der Waals surface area contributed by atoms with Crippen LogP contribution < -0.4 is 4.74 Å². The Kier molecular flexibility index (Phi) is 8.37. The average molecular weight is 532 g/mol. The predicted octanol–water partition coefficient (Wildman–Crippen LogP) is 6.42. The van der Waals surface area contributed by atoms with Crippen molar-refractivity contribution in [1.82, 2.24) is 9.80 Å². The van der Waals surface area contributed by atoms with Crippen LogP contribution >= 0.6 is 34.5 Å². The number of benzene rings is 2. The maximum atomic E-state index is 13.6. The molecule has 8 heteroatoms. The molecule has 2 aromatic carbocycles. The fraction of sp³-hybridized carbons (Fsp3) is 0.333. The average Bonchev–Trinajstić information content (AvgIpc) is 3.33. The van der Waals surface area contributed by atoms with E-state index in [0.717, 1.165) is 24.0 Å². The molecule has 3 aromatic rings. The van der Waals surface area contributed by atoms with Crippen LogP contribution in [0.4, 0.5) is 0 Å². The van der Waals surface area contributed by atoms with Gasteiger partial charge in [-0.05, 0) is 78.7 Å². The van der Waals surface area contributed by atoms with Crippen LogP contribution in [0, 0.1) is 6.92 Å².